The highest BCUT2D eigenvalue weighted by molar-refractivity contribution is 9.10. The van der Waals surface area contributed by atoms with Crippen LogP contribution in [0.3, 0.4) is 0 Å². The Labute approximate surface area is 113 Å². The molecule has 0 fully saturated rings. The highest BCUT2D eigenvalue weighted by Crippen LogP contribution is 2.21. The van der Waals surface area contributed by atoms with E-state index in [9.17, 15) is 4.79 Å². The third kappa shape index (κ3) is 4.32. The average molecular weight is 325 g/mol. The summed E-state index contributed by atoms with van der Waals surface area (Å²) in [5, 5.41) is 4.05. The Morgan fingerprint density at radius 3 is 2.75 bits per heavy atom. The van der Waals surface area contributed by atoms with Crippen LogP contribution in [-0.2, 0) is 11.2 Å². The second-order valence-corrected chi connectivity index (χ2v) is 5.61. The molecule has 0 radical (unpaired) electrons. The first-order valence-electron chi connectivity index (χ1n) is 4.86. The van der Waals surface area contributed by atoms with Crippen LogP contribution in [0.4, 0.5) is 0 Å². The molecule has 0 saturated heterocycles. The summed E-state index contributed by atoms with van der Waals surface area (Å²) in [6.07, 6.45) is 0.696. The molecular weight excluding hydrogens is 313 g/mol. The molecule has 1 aromatic carbocycles. The van der Waals surface area contributed by atoms with E-state index >= 15 is 0 Å². The zero-order valence-corrected chi connectivity index (χ0v) is 11.9. The summed E-state index contributed by atoms with van der Waals surface area (Å²) >= 11 is 15.0. The highest BCUT2D eigenvalue weighted by Gasteiger charge is 2.07. The molecule has 1 N–H and O–H groups in total. The fourth-order valence-electron chi connectivity index (χ4n) is 1.19. The number of carbonyl (C=O) groups is 1. The van der Waals surface area contributed by atoms with Gasteiger partial charge >= 0.3 is 0 Å². The van der Waals surface area contributed by atoms with E-state index in [1.54, 1.807) is 19.1 Å². The van der Waals surface area contributed by atoms with Crippen molar-refractivity contribution in [3.8, 4) is 0 Å². The summed E-state index contributed by atoms with van der Waals surface area (Å²) < 4.78 is 0. The average Bonchev–Trinajstić information content (AvgIpc) is 2.20. The molecule has 5 heteroatoms. The quantitative estimate of drug-likeness (QED) is 0.845. The topological polar surface area (TPSA) is 29.1 Å². The van der Waals surface area contributed by atoms with Gasteiger partial charge in [-0.05, 0) is 31.0 Å². The Bertz CT molecular complexity index is 382. The number of carbonyl (C=O) groups excluding carboxylic acids is 1. The normalized spacial score (nSPS) is 12.2. The molecule has 1 unspecified atom stereocenters. The standard InChI is InChI=1S/C11H12BrCl2NO/c1-7(12)11(16)15-5-4-8-2-3-9(13)6-10(8)14/h2-3,6-7H,4-5H2,1H3,(H,15,16). The second kappa shape index (κ2) is 6.48. The Morgan fingerprint density at radius 1 is 1.50 bits per heavy atom. The first-order valence-corrected chi connectivity index (χ1v) is 6.53. The Balaban J connectivity index is 2.46. The van der Waals surface area contributed by atoms with Crippen LogP contribution in [0.15, 0.2) is 18.2 Å². The van der Waals surface area contributed by atoms with Crippen LogP contribution in [0.25, 0.3) is 0 Å². The maximum Gasteiger partial charge on any atom is 0.233 e. The predicted molar refractivity (Wildman–Crippen MR) is 71.6 cm³/mol. The van der Waals surface area contributed by atoms with Crippen LogP contribution in [0, 0.1) is 0 Å². The van der Waals surface area contributed by atoms with Crippen molar-refractivity contribution in [3.63, 3.8) is 0 Å². The molecule has 1 rings (SSSR count). The van der Waals surface area contributed by atoms with E-state index in [1.807, 2.05) is 6.07 Å². The van der Waals surface area contributed by atoms with Gasteiger partial charge in [0.25, 0.3) is 0 Å². The number of nitrogens with one attached hydrogen (secondary N) is 1. The minimum absolute atomic E-state index is 0.0231. The third-order valence-electron chi connectivity index (χ3n) is 2.07. The first-order chi connectivity index (χ1) is 7.50. The van der Waals surface area contributed by atoms with Gasteiger partial charge in [-0.15, -0.1) is 0 Å². The number of rotatable bonds is 4. The molecule has 88 valence electrons. The van der Waals surface area contributed by atoms with Gasteiger partial charge in [0.1, 0.15) is 0 Å². The van der Waals surface area contributed by atoms with Gasteiger partial charge < -0.3 is 5.32 Å². The van der Waals surface area contributed by atoms with Crippen molar-refractivity contribution in [3.05, 3.63) is 33.8 Å². The highest BCUT2D eigenvalue weighted by atomic mass is 79.9. The number of halogens is 3. The lowest BCUT2D eigenvalue weighted by Gasteiger charge is -2.08. The van der Waals surface area contributed by atoms with Crippen LogP contribution in [0.1, 0.15) is 12.5 Å². The molecular formula is C11H12BrCl2NO. The summed E-state index contributed by atoms with van der Waals surface area (Å²) in [4.78, 5) is 11.1. The van der Waals surface area contributed by atoms with E-state index < -0.39 is 0 Å². The van der Waals surface area contributed by atoms with Crippen molar-refractivity contribution in [2.24, 2.45) is 0 Å². The Morgan fingerprint density at radius 2 is 2.19 bits per heavy atom. The van der Waals surface area contributed by atoms with Gasteiger partial charge in [0.2, 0.25) is 5.91 Å². The second-order valence-electron chi connectivity index (χ2n) is 3.39. The van der Waals surface area contributed by atoms with E-state index in [4.69, 9.17) is 23.2 Å². The molecule has 0 bridgehead atoms. The van der Waals surface area contributed by atoms with Gasteiger partial charge in [-0.2, -0.15) is 0 Å². The summed E-state index contributed by atoms with van der Waals surface area (Å²) in [7, 11) is 0. The fourth-order valence-corrected chi connectivity index (χ4v) is 1.85. The number of hydrogen-bond donors (Lipinski definition) is 1. The molecule has 1 atom stereocenters. The van der Waals surface area contributed by atoms with E-state index in [0.29, 0.717) is 23.0 Å². The summed E-state index contributed by atoms with van der Waals surface area (Å²) in [6, 6.07) is 5.36. The zero-order chi connectivity index (χ0) is 12.1. The van der Waals surface area contributed by atoms with Gasteiger partial charge in [-0.25, -0.2) is 0 Å². The largest absolute Gasteiger partial charge is 0.355 e. The predicted octanol–water partition coefficient (Wildman–Crippen LogP) is 3.44. The number of amides is 1. The fraction of sp³-hybridized carbons (Fsp3) is 0.364. The Kier molecular flexibility index (Phi) is 5.59. The molecule has 0 heterocycles. The molecule has 0 spiro atoms. The van der Waals surface area contributed by atoms with Gasteiger partial charge in [-0.1, -0.05) is 45.2 Å². The van der Waals surface area contributed by atoms with Gasteiger partial charge in [0.05, 0.1) is 4.83 Å². The number of benzene rings is 1. The zero-order valence-electron chi connectivity index (χ0n) is 8.77. The van der Waals surface area contributed by atoms with Crippen molar-refractivity contribution < 1.29 is 4.79 Å². The van der Waals surface area contributed by atoms with Gasteiger partial charge in [0.15, 0.2) is 0 Å². The smallest absolute Gasteiger partial charge is 0.233 e. The van der Waals surface area contributed by atoms with Crippen molar-refractivity contribution in [1.29, 1.82) is 0 Å². The van der Waals surface area contributed by atoms with E-state index in [1.165, 1.54) is 0 Å². The molecule has 1 amide bonds. The first kappa shape index (κ1) is 13.8. The van der Waals surface area contributed by atoms with Crippen LogP contribution >= 0.6 is 39.1 Å². The van der Waals surface area contributed by atoms with Crippen molar-refractivity contribution in [1.82, 2.24) is 5.32 Å². The van der Waals surface area contributed by atoms with Crippen LogP contribution < -0.4 is 5.32 Å². The maximum absolute atomic E-state index is 11.3. The molecule has 0 aliphatic rings. The SMILES string of the molecule is CC(Br)C(=O)NCCc1ccc(Cl)cc1Cl. The third-order valence-corrected chi connectivity index (χ3v) is 3.07. The molecule has 16 heavy (non-hydrogen) atoms. The van der Waals surface area contributed by atoms with Crippen LogP contribution in [0.2, 0.25) is 10.0 Å². The molecule has 0 aliphatic carbocycles. The molecule has 0 aromatic heterocycles. The minimum atomic E-state index is -0.173. The summed E-state index contributed by atoms with van der Waals surface area (Å²) in [5.74, 6) is -0.0231. The lowest BCUT2D eigenvalue weighted by atomic mass is 10.1. The molecule has 1 aromatic rings. The molecule has 2 nitrogen and oxygen atoms in total. The van der Waals surface area contributed by atoms with Crippen molar-refractivity contribution >= 4 is 45.0 Å². The van der Waals surface area contributed by atoms with E-state index in [-0.39, 0.29) is 10.7 Å². The summed E-state index contributed by atoms with van der Waals surface area (Å²) in [6.45, 7) is 2.35. The lowest BCUT2D eigenvalue weighted by Crippen LogP contribution is -2.31. The van der Waals surface area contributed by atoms with Crippen LogP contribution in [-0.4, -0.2) is 17.3 Å². The number of hydrogen-bond acceptors (Lipinski definition) is 1. The minimum Gasteiger partial charge on any atom is -0.355 e. The molecule has 0 aliphatic heterocycles. The van der Waals surface area contributed by atoms with Gasteiger partial charge in [0, 0.05) is 16.6 Å². The Hall–Kier alpha value is -0.250. The van der Waals surface area contributed by atoms with E-state index in [0.717, 1.165) is 5.56 Å². The van der Waals surface area contributed by atoms with E-state index in [2.05, 4.69) is 21.2 Å². The molecule has 0 saturated carbocycles. The summed E-state index contributed by atoms with van der Waals surface area (Å²) in [5.41, 5.74) is 0.980. The number of alkyl halides is 1. The lowest BCUT2D eigenvalue weighted by molar-refractivity contribution is -0.120. The van der Waals surface area contributed by atoms with Crippen LogP contribution in [0.5, 0.6) is 0 Å². The van der Waals surface area contributed by atoms with Crippen molar-refractivity contribution in [2.75, 3.05) is 6.54 Å². The monoisotopic (exact) mass is 323 g/mol. The maximum atomic E-state index is 11.3. The van der Waals surface area contributed by atoms with Gasteiger partial charge in [-0.3, -0.25) is 4.79 Å². The van der Waals surface area contributed by atoms with Crippen molar-refractivity contribution in [2.45, 2.75) is 18.2 Å².